The minimum Gasteiger partial charge on any atom is -0.375 e. The maximum atomic E-state index is 12.2. The van der Waals surface area contributed by atoms with Gasteiger partial charge in [-0.05, 0) is 37.6 Å². The van der Waals surface area contributed by atoms with Crippen molar-refractivity contribution in [2.24, 2.45) is 0 Å². The van der Waals surface area contributed by atoms with Gasteiger partial charge in [-0.2, -0.15) is 0 Å². The van der Waals surface area contributed by atoms with Crippen LogP contribution in [0.1, 0.15) is 30.1 Å². The first-order valence-corrected chi connectivity index (χ1v) is 8.62. The third-order valence-electron chi connectivity index (χ3n) is 4.51. The van der Waals surface area contributed by atoms with E-state index in [1.165, 1.54) is 0 Å². The van der Waals surface area contributed by atoms with Gasteiger partial charge >= 0.3 is 0 Å². The smallest absolute Gasteiger partial charge is 0.251 e. The molecule has 0 radical (unpaired) electrons. The molecule has 2 fully saturated rings. The van der Waals surface area contributed by atoms with Crippen molar-refractivity contribution in [1.29, 1.82) is 0 Å². The molecule has 0 aliphatic carbocycles. The number of morpholine rings is 1. The van der Waals surface area contributed by atoms with Crippen molar-refractivity contribution in [3.8, 4) is 0 Å². The molecule has 1 atom stereocenters. The molecule has 0 aromatic heterocycles. The average molecular weight is 345 g/mol. The molecule has 7 heteroatoms. The summed E-state index contributed by atoms with van der Waals surface area (Å²) in [6.07, 6.45) is 1.46. The van der Waals surface area contributed by atoms with Crippen LogP contribution in [0.15, 0.2) is 24.3 Å². The van der Waals surface area contributed by atoms with Gasteiger partial charge in [0.2, 0.25) is 11.8 Å². The molecule has 25 heavy (non-hydrogen) atoms. The van der Waals surface area contributed by atoms with Crippen LogP contribution in [0.3, 0.4) is 0 Å². The Bertz CT molecular complexity index is 659. The number of carbonyl (C=O) groups excluding carboxylic acids is 3. The first-order valence-electron chi connectivity index (χ1n) is 8.62. The van der Waals surface area contributed by atoms with E-state index in [1.54, 1.807) is 34.1 Å². The topological polar surface area (TPSA) is 79.0 Å². The number of carbonyl (C=O) groups is 3. The van der Waals surface area contributed by atoms with Crippen LogP contribution in [0.2, 0.25) is 0 Å². The number of rotatable bonds is 4. The lowest BCUT2D eigenvalue weighted by atomic mass is 10.2. The van der Waals surface area contributed by atoms with Crippen molar-refractivity contribution in [3.63, 3.8) is 0 Å². The molecule has 7 nitrogen and oxygen atoms in total. The van der Waals surface area contributed by atoms with E-state index >= 15 is 0 Å². The SMILES string of the molecule is C[C@H]1CN(C(=O)CNC(=O)c2ccc(N3CCCC3=O)cc2)CCO1. The zero-order valence-electron chi connectivity index (χ0n) is 14.4. The minimum atomic E-state index is -0.297. The van der Waals surface area contributed by atoms with E-state index in [1.807, 2.05) is 6.92 Å². The maximum absolute atomic E-state index is 12.2. The van der Waals surface area contributed by atoms with Crippen molar-refractivity contribution in [1.82, 2.24) is 10.2 Å². The van der Waals surface area contributed by atoms with Crippen LogP contribution in [0, 0.1) is 0 Å². The number of nitrogens with one attached hydrogen (secondary N) is 1. The molecule has 1 N–H and O–H groups in total. The van der Waals surface area contributed by atoms with Crippen LogP contribution in [0.25, 0.3) is 0 Å². The Labute approximate surface area is 146 Å². The molecular weight excluding hydrogens is 322 g/mol. The van der Waals surface area contributed by atoms with Crippen molar-refractivity contribution in [3.05, 3.63) is 29.8 Å². The van der Waals surface area contributed by atoms with Gasteiger partial charge in [-0.1, -0.05) is 0 Å². The third-order valence-corrected chi connectivity index (χ3v) is 4.51. The molecule has 0 bridgehead atoms. The number of ether oxygens (including phenoxy) is 1. The highest BCUT2D eigenvalue weighted by molar-refractivity contribution is 5.98. The molecule has 2 saturated heterocycles. The molecular formula is C18H23N3O4. The van der Waals surface area contributed by atoms with Crippen LogP contribution in [0.5, 0.6) is 0 Å². The summed E-state index contributed by atoms with van der Waals surface area (Å²) in [6, 6.07) is 6.89. The van der Waals surface area contributed by atoms with E-state index < -0.39 is 0 Å². The Morgan fingerprint density at radius 2 is 2.00 bits per heavy atom. The molecule has 3 rings (SSSR count). The fourth-order valence-electron chi connectivity index (χ4n) is 3.13. The first-order chi connectivity index (χ1) is 12.0. The van der Waals surface area contributed by atoms with Crippen LogP contribution < -0.4 is 10.2 Å². The largest absolute Gasteiger partial charge is 0.375 e. The summed E-state index contributed by atoms with van der Waals surface area (Å²) in [5, 5.41) is 2.66. The highest BCUT2D eigenvalue weighted by Crippen LogP contribution is 2.21. The van der Waals surface area contributed by atoms with E-state index in [0.29, 0.717) is 31.7 Å². The molecule has 0 saturated carbocycles. The second kappa shape index (κ2) is 7.65. The quantitative estimate of drug-likeness (QED) is 0.875. The van der Waals surface area contributed by atoms with E-state index in [-0.39, 0.29) is 30.4 Å². The molecule has 0 unspecified atom stereocenters. The van der Waals surface area contributed by atoms with Gasteiger partial charge in [-0.15, -0.1) is 0 Å². The fourth-order valence-corrected chi connectivity index (χ4v) is 3.13. The predicted octanol–water partition coefficient (Wildman–Crippen LogP) is 0.790. The lowest BCUT2D eigenvalue weighted by molar-refractivity contribution is -0.137. The van der Waals surface area contributed by atoms with Crippen LogP contribution in [-0.2, 0) is 14.3 Å². The van der Waals surface area contributed by atoms with E-state index in [4.69, 9.17) is 4.74 Å². The Morgan fingerprint density at radius 1 is 1.24 bits per heavy atom. The summed E-state index contributed by atoms with van der Waals surface area (Å²) in [5.74, 6) is -0.292. The minimum absolute atomic E-state index is 0.0224. The lowest BCUT2D eigenvalue weighted by Gasteiger charge is -2.31. The maximum Gasteiger partial charge on any atom is 0.251 e. The summed E-state index contributed by atoms with van der Waals surface area (Å²) in [7, 11) is 0. The average Bonchev–Trinajstić information content (AvgIpc) is 3.05. The summed E-state index contributed by atoms with van der Waals surface area (Å²) >= 11 is 0. The van der Waals surface area contributed by atoms with Gasteiger partial charge in [-0.3, -0.25) is 14.4 Å². The Hall–Kier alpha value is -2.41. The highest BCUT2D eigenvalue weighted by Gasteiger charge is 2.23. The van der Waals surface area contributed by atoms with Gasteiger partial charge in [0.05, 0.1) is 19.3 Å². The second-order valence-corrected chi connectivity index (χ2v) is 6.40. The van der Waals surface area contributed by atoms with Gasteiger partial charge < -0.3 is 19.9 Å². The monoisotopic (exact) mass is 345 g/mol. The van der Waals surface area contributed by atoms with E-state index in [0.717, 1.165) is 18.7 Å². The first kappa shape index (κ1) is 17.4. The van der Waals surface area contributed by atoms with E-state index in [2.05, 4.69) is 5.32 Å². The third kappa shape index (κ3) is 4.17. The normalized spacial score (nSPS) is 20.7. The molecule has 0 spiro atoms. The summed E-state index contributed by atoms with van der Waals surface area (Å²) in [6.45, 7) is 4.24. The van der Waals surface area contributed by atoms with Crippen LogP contribution in [0.4, 0.5) is 5.69 Å². The molecule has 1 aromatic carbocycles. The highest BCUT2D eigenvalue weighted by atomic mass is 16.5. The standard InChI is InChI=1S/C18H23N3O4/c1-13-12-20(9-10-25-13)17(23)11-19-18(24)14-4-6-15(7-5-14)21-8-2-3-16(21)22/h4-7,13H,2-3,8-12H2,1H3,(H,19,24)/t13-/m0/s1. The molecule has 2 aliphatic rings. The number of hydrogen-bond donors (Lipinski definition) is 1. The lowest BCUT2D eigenvalue weighted by Crippen LogP contribution is -2.48. The second-order valence-electron chi connectivity index (χ2n) is 6.40. The van der Waals surface area contributed by atoms with Crippen molar-refractivity contribution < 1.29 is 19.1 Å². The van der Waals surface area contributed by atoms with Gasteiger partial charge in [-0.25, -0.2) is 0 Å². The summed E-state index contributed by atoms with van der Waals surface area (Å²) < 4.78 is 5.40. The Kier molecular flexibility index (Phi) is 5.33. The van der Waals surface area contributed by atoms with Crippen molar-refractivity contribution >= 4 is 23.4 Å². The molecule has 134 valence electrons. The summed E-state index contributed by atoms with van der Waals surface area (Å²) in [4.78, 5) is 39.5. The van der Waals surface area contributed by atoms with Gasteiger partial charge in [0.15, 0.2) is 0 Å². The number of benzene rings is 1. The number of hydrogen-bond acceptors (Lipinski definition) is 4. The summed E-state index contributed by atoms with van der Waals surface area (Å²) in [5.41, 5.74) is 1.27. The zero-order chi connectivity index (χ0) is 17.8. The van der Waals surface area contributed by atoms with Crippen LogP contribution in [-0.4, -0.2) is 61.5 Å². The fraction of sp³-hybridized carbons (Fsp3) is 0.500. The molecule has 1 aromatic rings. The zero-order valence-corrected chi connectivity index (χ0v) is 14.4. The predicted molar refractivity (Wildman–Crippen MR) is 92.4 cm³/mol. The molecule has 2 heterocycles. The number of amides is 3. The van der Waals surface area contributed by atoms with Crippen molar-refractivity contribution in [2.75, 3.05) is 37.7 Å². The molecule has 3 amide bonds. The van der Waals surface area contributed by atoms with Gasteiger partial charge in [0, 0.05) is 37.3 Å². The Morgan fingerprint density at radius 3 is 2.64 bits per heavy atom. The van der Waals surface area contributed by atoms with Crippen molar-refractivity contribution in [2.45, 2.75) is 25.9 Å². The van der Waals surface area contributed by atoms with Gasteiger partial charge in [0.1, 0.15) is 0 Å². The van der Waals surface area contributed by atoms with Crippen LogP contribution >= 0.6 is 0 Å². The molecule has 2 aliphatic heterocycles. The van der Waals surface area contributed by atoms with Gasteiger partial charge in [0.25, 0.3) is 5.91 Å². The number of nitrogens with zero attached hydrogens (tertiary/aromatic N) is 2. The van der Waals surface area contributed by atoms with E-state index in [9.17, 15) is 14.4 Å². The Balaban J connectivity index is 1.52. The number of anilines is 1.